The van der Waals surface area contributed by atoms with Gasteiger partial charge in [0.2, 0.25) is 0 Å². The number of rotatable bonds is 2. The van der Waals surface area contributed by atoms with Gasteiger partial charge in [-0.15, -0.1) is 5.10 Å². The Morgan fingerprint density at radius 3 is 2.76 bits per heavy atom. The minimum atomic E-state index is 0.738. The number of benzene rings is 1. The minimum absolute atomic E-state index is 0.738. The summed E-state index contributed by atoms with van der Waals surface area (Å²) in [5.74, 6) is 1.59. The van der Waals surface area contributed by atoms with Crippen LogP contribution in [0.25, 0.3) is 5.78 Å². The maximum Gasteiger partial charge on any atom is 0.252 e. The summed E-state index contributed by atoms with van der Waals surface area (Å²) in [6, 6.07) is 10.4. The first-order valence-corrected chi connectivity index (χ1v) is 7.66. The molecule has 4 nitrogen and oxygen atoms in total. The minimum Gasteiger partial charge on any atom is -0.219 e. The van der Waals surface area contributed by atoms with Crippen LogP contribution in [-0.2, 0) is 19.3 Å². The van der Waals surface area contributed by atoms with Crippen molar-refractivity contribution in [3.8, 4) is 0 Å². The van der Waals surface area contributed by atoms with Crippen molar-refractivity contribution < 1.29 is 0 Å². The Morgan fingerprint density at radius 2 is 1.86 bits per heavy atom. The zero-order valence-corrected chi connectivity index (χ0v) is 12.0. The monoisotopic (exact) mass is 278 g/mol. The lowest BCUT2D eigenvalue weighted by Gasteiger charge is -2.05. The van der Waals surface area contributed by atoms with Crippen molar-refractivity contribution in [2.45, 2.75) is 38.5 Å². The largest absolute Gasteiger partial charge is 0.252 e. The van der Waals surface area contributed by atoms with E-state index in [1.165, 1.54) is 36.1 Å². The highest BCUT2D eigenvalue weighted by Crippen LogP contribution is 2.20. The van der Waals surface area contributed by atoms with Gasteiger partial charge in [-0.2, -0.15) is 4.98 Å². The average molecular weight is 278 g/mol. The van der Waals surface area contributed by atoms with Crippen molar-refractivity contribution in [2.24, 2.45) is 0 Å². The van der Waals surface area contributed by atoms with Gasteiger partial charge in [-0.3, -0.25) is 0 Å². The van der Waals surface area contributed by atoms with Crippen LogP contribution in [0.5, 0.6) is 0 Å². The Bertz CT molecular complexity index is 761. The van der Waals surface area contributed by atoms with E-state index in [1.54, 1.807) is 0 Å². The summed E-state index contributed by atoms with van der Waals surface area (Å²) in [7, 11) is 0. The maximum absolute atomic E-state index is 4.71. The van der Waals surface area contributed by atoms with E-state index in [2.05, 4.69) is 34.2 Å². The van der Waals surface area contributed by atoms with Gasteiger partial charge in [0.1, 0.15) is 0 Å². The van der Waals surface area contributed by atoms with Gasteiger partial charge in [-0.05, 0) is 36.8 Å². The molecule has 2 heterocycles. The van der Waals surface area contributed by atoms with Crippen LogP contribution in [0.15, 0.2) is 36.5 Å². The molecule has 4 heteroatoms. The molecule has 0 saturated carbocycles. The Kier molecular flexibility index (Phi) is 3.14. The zero-order chi connectivity index (χ0) is 14.1. The van der Waals surface area contributed by atoms with E-state index >= 15 is 0 Å². The number of fused-ring (bicyclic) bond motifs is 3. The molecule has 0 unspecified atom stereocenters. The topological polar surface area (TPSA) is 43.1 Å². The third kappa shape index (κ3) is 2.42. The van der Waals surface area contributed by atoms with E-state index in [9.17, 15) is 0 Å². The van der Waals surface area contributed by atoms with Gasteiger partial charge in [-0.25, -0.2) is 9.50 Å². The summed E-state index contributed by atoms with van der Waals surface area (Å²) < 4.78 is 1.97. The zero-order valence-electron chi connectivity index (χ0n) is 12.0. The van der Waals surface area contributed by atoms with E-state index in [4.69, 9.17) is 5.10 Å². The van der Waals surface area contributed by atoms with Gasteiger partial charge in [-0.1, -0.05) is 36.8 Å². The maximum atomic E-state index is 4.71. The lowest BCUT2D eigenvalue weighted by atomic mass is 10.1. The van der Waals surface area contributed by atoms with Crippen LogP contribution in [-0.4, -0.2) is 19.6 Å². The van der Waals surface area contributed by atoms with Gasteiger partial charge in [0.15, 0.2) is 5.82 Å². The van der Waals surface area contributed by atoms with Crippen LogP contribution >= 0.6 is 0 Å². The second-order valence-corrected chi connectivity index (χ2v) is 5.69. The van der Waals surface area contributed by atoms with Crippen LogP contribution in [0.2, 0.25) is 0 Å². The summed E-state index contributed by atoms with van der Waals surface area (Å²) in [5, 5.41) is 4.71. The van der Waals surface area contributed by atoms with Gasteiger partial charge in [0, 0.05) is 12.6 Å². The highest BCUT2D eigenvalue weighted by Gasteiger charge is 2.15. The van der Waals surface area contributed by atoms with Gasteiger partial charge in [0.25, 0.3) is 5.78 Å². The third-order valence-electron chi connectivity index (χ3n) is 4.16. The van der Waals surface area contributed by atoms with E-state index in [0.717, 1.165) is 30.9 Å². The molecule has 1 aromatic carbocycles. The smallest absolute Gasteiger partial charge is 0.219 e. The van der Waals surface area contributed by atoms with Crippen molar-refractivity contribution in [1.29, 1.82) is 0 Å². The Hall–Kier alpha value is -2.23. The molecule has 21 heavy (non-hydrogen) atoms. The molecule has 1 aliphatic rings. The van der Waals surface area contributed by atoms with Gasteiger partial charge < -0.3 is 0 Å². The van der Waals surface area contributed by atoms with E-state index in [1.807, 2.05) is 16.8 Å². The molecule has 0 radical (unpaired) electrons. The van der Waals surface area contributed by atoms with Crippen LogP contribution in [0.1, 0.15) is 41.9 Å². The lowest BCUT2D eigenvalue weighted by molar-refractivity contribution is 0.701. The Morgan fingerprint density at radius 1 is 1.00 bits per heavy atom. The van der Waals surface area contributed by atoms with Crippen molar-refractivity contribution >= 4 is 5.78 Å². The molecule has 4 rings (SSSR count). The quantitative estimate of drug-likeness (QED) is 0.677. The van der Waals surface area contributed by atoms with Crippen molar-refractivity contribution in [2.75, 3.05) is 0 Å². The SMILES string of the molecule is c1ccc(Cc2nc3ncc4c(n3n2)CCCCC4)cc1. The van der Waals surface area contributed by atoms with Gasteiger partial charge >= 0.3 is 0 Å². The summed E-state index contributed by atoms with van der Waals surface area (Å²) in [6.45, 7) is 0. The summed E-state index contributed by atoms with van der Waals surface area (Å²) in [6.07, 6.45) is 8.75. The number of aryl methyl sites for hydroxylation is 2. The molecule has 0 N–H and O–H groups in total. The Balaban J connectivity index is 1.74. The molecule has 0 bridgehead atoms. The summed E-state index contributed by atoms with van der Waals surface area (Å²) in [5.41, 5.74) is 3.89. The number of hydrogen-bond donors (Lipinski definition) is 0. The highest BCUT2D eigenvalue weighted by molar-refractivity contribution is 5.34. The van der Waals surface area contributed by atoms with Crippen LogP contribution in [0, 0.1) is 0 Å². The first-order chi connectivity index (χ1) is 10.4. The number of hydrogen-bond acceptors (Lipinski definition) is 3. The molecule has 0 spiro atoms. The third-order valence-corrected chi connectivity index (χ3v) is 4.16. The molecule has 0 saturated heterocycles. The first-order valence-electron chi connectivity index (χ1n) is 7.66. The van der Waals surface area contributed by atoms with Crippen LogP contribution < -0.4 is 0 Å². The standard InChI is InChI=1S/C17H18N4/c1-3-7-13(8-4-1)11-16-19-17-18-12-14-9-5-2-6-10-15(14)21(17)20-16/h1,3-4,7-8,12H,2,5-6,9-11H2. The summed E-state index contributed by atoms with van der Waals surface area (Å²) in [4.78, 5) is 9.08. The molecule has 0 fully saturated rings. The fraction of sp³-hybridized carbons (Fsp3) is 0.353. The second-order valence-electron chi connectivity index (χ2n) is 5.69. The van der Waals surface area contributed by atoms with Crippen molar-refractivity contribution in [3.63, 3.8) is 0 Å². The molecule has 0 amide bonds. The van der Waals surface area contributed by atoms with E-state index in [-0.39, 0.29) is 0 Å². The predicted molar refractivity (Wildman–Crippen MR) is 81.3 cm³/mol. The fourth-order valence-electron chi connectivity index (χ4n) is 3.07. The molecular weight excluding hydrogens is 260 g/mol. The second kappa shape index (κ2) is 5.28. The average Bonchev–Trinajstić information content (AvgIpc) is 2.77. The Labute approximate surface area is 123 Å². The molecular formula is C17H18N4. The summed E-state index contributed by atoms with van der Waals surface area (Å²) >= 11 is 0. The molecule has 1 aliphatic carbocycles. The molecule has 3 aromatic rings. The van der Waals surface area contributed by atoms with Gasteiger partial charge in [0.05, 0.1) is 5.69 Å². The normalized spacial score (nSPS) is 14.9. The van der Waals surface area contributed by atoms with Crippen molar-refractivity contribution in [1.82, 2.24) is 19.6 Å². The highest BCUT2D eigenvalue weighted by atomic mass is 15.3. The predicted octanol–water partition coefficient (Wildman–Crippen LogP) is 2.98. The molecule has 0 aliphatic heterocycles. The first kappa shape index (κ1) is 12.5. The molecule has 106 valence electrons. The van der Waals surface area contributed by atoms with E-state index < -0.39 is 0 Å². The lowest BCUT2D eigenvalue weighted by Crippen LogP contribution is -2.04. The van der Waals surface area contributed by atoms with Crippen LogP contribution in [0.3, 0.4) is 0 Å². The number of aromatic nitrogens is 4. The van der Waals surface area contributed by atoms with Crippen LogP contribution in [0.4, 0.5) is 0 Å². The number of nitrogens with zero attached hydrogens (tertiary/aromatic N) is 4. The van der Waals surface area contributed by atoms with Crippen molar-refractivity contribution in [3.05, 3.63) is 59.2 Å². The molecule has 0 atom stereocenters. The molecule has 2 aromatic heterocycles. The fourth-order valence-corrected chi connectivity index (χ4v) is 3.07. The van der Waals surface area contributed by atoms with E-state index in [0.29, 0.717) is 0 Å².